The summed E-state index contributed by atoms with van der Waals surface area (Å²) in [5.74, 6) is 0.550. The SMILES string of the molecule is COc1ccc(C(=O)Nc2cccc(SCC(=O)Nc3nnc(C)s3)c2)cc1. The van der Waals surface area contributed by atoms with E-state index in [2.05, 4.69) is 20.8 Å². The number of methoxy groups -OCH3 is 1. The summed E-state index contributed by atoms with van der Waals surface area (Å²) in [6.07, 6.45) is 0. The molecule has 0 fully saturated rings. The van der Waals surface area contributed by atoms with Crippen LogP contribution >= 0.6 is 23.1 Å². The van der Waals surface area contributed by atoms with Crippen molar-refractivity contribution in [2.45, 2.75) is 11.8 Å². The second kappa shape index (κ2) is 9.34. The van der Waals surface area contributed by atoms with Gasteiger partial charge in [-0.25, -0.2) is 0 Å². The fourth-order valence-electron chi connectivity index (χ4n) is 2.26. The fraction of sp³-hybridized carbons (Fsp3) is 0.158. The minimum absolute atomic E-state index is 0.158. The second-order valence-electron chi connectivity index (χ2n) is 5.67. The average molecular weight is 415 g/mol. The molecule has 0 aliphatic rings. The molecule has 0 atom stereocenters. The van der Waals surface area contributed by atoms with Crippen LogP contribution in [-0.4, -0.2) is 34.9 Å². The van der Waals surface area contributed by atoms with Crippen molar-refractivity contribution in [2.24, 2.45) is 0 Å². The van der Waals surface area contributed by atoms with Gasteiger partial charge in [-0.1, -0.05) is 17.4 Å². The number of rotatable bonds is 7. The molecule has 0 radical (unpaired) electrons. The molecule has 2 N–H and O–H groups in total. The van der Waals surface area contributed by atoms with Gasteiger partial charge >= 0.3 is 0 Å². The van der Waals surface area contributed by atoms with E-state index in [9.17, 15) is 9.59 Å². The number of anilines is 2. The Labute approximate surface area is 170 Å². The number of nitrogens with one attached hydrogen (secondary N) is 2. The van der Waals surface area contributed by atoms with E-state index in [-0.39, 0.29) is 17.6 Å². The number of ether oxygens (including phenoxy) is 1. The third kappa shape index (κ3) is 5.54. The normalized spacial score (nSPS) is 10.4. The van der Waals surface area contributed by atoms with E-state index in [0.29, 0.717) is 22.1 Å². The van der Waals surface area contributed by atoms with Gasteiger partial charge in [0.25, 0.3) is 5.91 Å². The Balaban J connectivity index is 1.55. The predicted octanol–water partition coefficient (Wildman–Crippen LogP) is 3.84. The molecule has 1 heterocycles. The molecule has 0 unspecified atom stereocenters. The Hall–Kier alpha value is -2.91. The van der Waals surface area contributed by atoms with Crippen molar-refractivity contribution in [3.8, 4) is 5.75 Å². The summed E-state index contributed by atoms with van der Waals surface area (Å²) in [6, 6.07) is 14.2. The lowest BCUT2D eigenvalue weighted by atomic mass is 10.2. The molecule has 0 saturated carbocycles. The standard InChI is InChI=1S/C19H18N4O3S2/c1-12-22-23-19(28-12)21-17(24)11-27-16-5-3-4-14(10-16)20-18(25)13-6-8-15(26-2)9-7-13/h3-10H,11H2,1-2H3,(H,20,25)(H,21,23,24). The Morgan fingerprint density at radius 2 is 1.89 bits per heavy atom. The zero-order valence-electron chi connectivity index (χ0n) is 15.3. The van der Waals surface area contributed by atoms with E-state index in [1.165, 1.54) is 23.1 Å². The number of carbonyl (C=O) groups excluding carboxylic acids is 2. The van der Waals surface area contributed by atoms with E-state index >= 15 is 0 Å². The molecule has 3 rings (SSSR count). The van der Waals surface area contributed by atoms with Crippen LogP contribution in [0.2, 0.25) is 0 Å². The van der Waals surface area contributed by atoms with Crippen LogP contribution in [0.3, 0.4) is 0 Å². The summed E-state index contributed by atoms with van der Waals surface area (Å²) in [5, 5.41) is 14.6. The van der Waals surface area contributed by atoms with E-state index in [4.69, 9.17) is 4.74 Å². The number of benzene rings is 2. The van der Waals surface area contributed by atoms with E-state index in [0.717, 1.165) is 9.90 Å². The molecule has 0 aliphatic heterocycles. The van der Waals surface area contributed by atoms with Gasteiger partial charge in [-0.2, -0.15) is 0 Å². The van der Waals surface area contributed by atoms with Crippen molar-refractivity contribution in [1.29, 1.82) is 0 Å². The van der Waals surface area contributed by atoms with Crippen LogP contribution in [0.5, 0.6) is 5.75 Å². The van der Waals surface area contributed by atoms with Crippen molar-refractivity contribution in [3.63, 3.8) is 0 Å². The smallest absolute Gasteiger partial charge is 0.255 e. The second-order valence-corrected chi connectivity index (χ2v) is 7.90. The predicted molar refractivity (Wildman–Crippen MR) is 111 cm³/mol. The lowest BCUT2D eigenvalue weighted by Crippen LogP contribution is -2.14. The minimum Gasteiger partial charge on any atom is -0.497 e. The molecule has 2 amide bonds. The molecule has 28 heavy (non-hydrogen) atoms. The average Bonchev–Trinajstić information content (AvgIpc) is 3.11. The minimum atomic E-state index is -0.214. The number of aryl methyl sites for hydroxylation is 1. The van der Waals surface area contributed by atoms with Crippen LogP contribution in [0.4, 0.5) is 10.8 Å². The molecule has 3 aromatic rings. The molecule has 0 saturated heterocycles. The highest BCUT2D eigenvalue weighted by Gasteiger charge is 2.09. The van der Waals surface area contributed by atoms with Crippen molar-refractivity contribution in [2.75, 3.05) is 23.5 Å². The number of amides is 2. The number of carbonyl (C=O) groups is 2. The summed E-state index contributed by atoms with van der Waals surface area (Å²) in [6.45, 7) is 1.83. The molecule has 7 nitrogen and oxygen atoms in total. The van der Waals surface area contributed by atoms with Gasteiger partial charge in [0, 0.05) is 16.1 Å². The first-order valence-corrected chi connectivity index (χ1v) is 10.1. The van der Waals surface area contributed by atoms with Crippen LogP contribution in [0.1, 0.15) is 15.4 Å². The Bertz CT molecular complexity index is 973. The van der Waals surface area contributed by atoms with Gasteiger partial charge in [-0.3, -0.25) is 14.9 Å². The molecular formula is C19H18N4O3S2. The third-order valence-electron chi connectivity index (χ3n) is 3.59. The zero-order chi connectivity index (χ0) is 19.9. The highest BCUT2D eigenvalue weighted by molar-refractivity contribution is 8.00. The van der Waals surface area contributed by atoms with Crippen LogP contribution in [0.15, 0.2) is 53.4 Å². The topological polar surface area (TPSA) is 93.2 Å². The molecule has 0 spiro atoms. The van der Waals surface area contributed by atoms with Gasteiger partial charge in [0.1, 0.15) is 10.8 Å². The number of aromatic nitrogens is 2. The van der Waals surface area contributed by atoms with Crippen molar-refractivity contribution >= 4 is 45.7 Å². The highest BCUT2D eigenvalue weighted by atomic mass is 32.2. The summed E-state index contributed by atoms with van der Waals surface area (Å²) >= 11 is 2.70. The zero-order valence-corrected chi connectivity index (χ0v) is 16.9. The van der Waals surface area contributed by atoms with Crippen LogP contribution in [0.25, 0.3) is 0 Å². The van der Waals surface area contributed by atoms with Crippen LogP contribution in [0, 0.1) is 6.92 Å². The maximum Gasteiger partial charge on any atom is 0.255 e. The Kier molecular flexibility index (Phi) is 6.62. The summed E-state index contributed by atoms with van der Waals surface area (Å²) in [7, 11) is 1.58. The van der Waals surface area contributed by atoms with Gasteiger partial charge in [0.2, 0.25) is 11.0 Å². The van der Waals surface area contributed by atoms with Crippen LogP contribution in [-0.2, 0) is 4.79 Å². The monoisotopic (exact) mass is 414 g/mol. The van der Waals surface area contributed by atoms with Gasteiger partial charge in [-0.15, -0.1) is 22.0 Å². The molecule has 9 heteroatoms. The third-order valence-corrected chi connectivity index (χ3v) is 5.33. The maximum atomic E-state index is 12.4. The molecule has 2 aromatic carbocycles. The highest BCUT2D eigenvalue weighted by Crippen LogP contribution is 2.23. The van der Waals surface area contributed by atoms with Crippen molar-refractivity contribution < 1.29 is 14.3 Å². The number of nitrogens with zero attached hydrogens (tertiary/aromatic N) is 2. The Morgan fingerprint density at radius 1 is 1.11 bits per heavy atom. The molecule has 1 aromatic heterocycles. The fourth-order valence-corrected chi connectivity index (χ4v) is 3.62. The lowest BCUT2D eigenvalue weighted by molar-refractivity contribution is -0.113. The molecule has 144 valence electrons. The van der Waals surface area contributed by atoms with Crippen LogP contribution < -0.4 is 15.4 Å². The first kappa shape index (κ1) is 19.8. The van der Waals surface area contributed by atoms with E-state index < -0.39 is 0 Å². The number of thioether (sulfide) groups is 1. The van der Waals surface area contributed by atoms with Gasteiger partial charge in [-0.05, 0) is 49.4 Å². The van der Waals surface area contributed by atoms with E-state index in [1.807, 2.05) is 25.1 Å². The van der Waals surface area contributed by atoms with Crippen molar-refractivity contribution in [1.82, 2.24) is 10.2 Å². The first-order chi connectivity index (χ1) is 13.5. The summed E-state index contributed by atoms with van der Waals surface area (Å²) in [5.41, 5.74) is 1.19. The molecule has 0 bridgehead atoms. The largest absolute Gasteiger partial charge is 0.497 e. The first-order valence-electron chi connectivity index (χ1n) is 8.32. The summed E-state index contributed by atoms with van der Waals surface area (Å²) < 4.78 is 5.09. The summed E-state index contributed by atoms with van der Waals surface area (Å²) in [4.78, 5) is 25.3. The van der Waals surface area contributed by atoms with E-state index in [1.54, 1.807) is 37.4 Å². The van der Waals surface area contributed by atoms with Gasteiger partial charge < -0.3 is 10.1 Å². The lowest BCUT2D eigenvalue weighted by Gasteiger charge is -2.08. The van der Waals surface area contributed by atoms with Crippen molar-refractivity contribution in [3.05, 3.63) is 59.1 Å². The number of hydrogen-bond donors (Lipinski definition) is 2. The maximum absolute atomic E-state index is 12.4. The Morgan fingerprint density at radius 3 is 2.57 bits per heavy atom. The molecule has 0 aliphatic carbocycles. The molecular weight excluding hydrogens is 396 g/mol. The van der Waals surface area contributed by atoms with Gasteiger partial charge in [0.15, 0.2) is 0 Å². The quantitative estimate of drug-likeness (QED) is 0.571. The van der Waals surface area contributed by atoms with Gasteiger partial charge in [0.05, 0.1) is 12.9 Å². The number of hydrogen-bond acceptors (Lipinski definition) is 7.